The summed E-state index contributed by atoms with van der Waals surface area (Å²) in [4.78, 5) is 30.6. The standard InChI is InChI=1S/C18H17N5O3/c24-17(21-16-7-9-19-15-8-10-20-23(15)16)5-6-18(25)22-11-12-26-14-4-2-1-3-13(14)22/h1-4,7-10H,5-6,11-12H2,(H,21,24). The van der Waals surface area contributed by atoms with E-state index in [4.69, 9.17) is 4.74 Å². The van der Waals surface area contributed by atoms with Crippen LogP contribution in [0.4, 0.5) is 11.5 Å². The third-order valence-corrected chi connectivity index (χ3v) is 4.15. The normalized spacial score (nSPS) is 13.2. The Hall–Kier alpha value is -3.42. The van der Waals surface area contributed by atoms with Crippen LogP contribution in [0.3, 0.4) is 0 Å². The Labute approximate surface area is 149 Å². The van der Waals surface area contributed by atoms with Crippen molar-refractivity contribution in [1.82, 2.24) is 14.6 Å². The van der Waals surface area contributed by atoms with Gasteiger partial charge in [-0.25, -0.2) is 4.98 Å². The van der Waals surface area contributed by atoms with E-state index in [1.807, 2.05) is 24.3 Å². The number of carbonyl (C=O) groups excluding carboxylic acids is 2. The van der Waals surface area contributed by atoms with Crippen molar-refractivity contribution in [2.75, 3.05) is 23.4 Å². The van der Waals surface area contributed by atoms with Gasteiger partial charge in [-0.05, 0) is 18.2 Å². The number of benzene rings is 1. The second-order valence-corrected chi connectivity index (χ2v) is 5.84. The predicted molar refractivity (Wildman–Crippen MR) is 95.1 cm³/mol. The van der Waals surface area contributed by atoms with Gasteiger partial charge in [-0.15, -0.1) is 0 Å². The SMILES string of the molecule is O=C(CCC(=O)N1CCOc2ccccc21)Nc1ccnc2ccnn12. The molecule has 1 N–H and O–H groups in total. The molecule has 4 rings (SSSR count). The maximum absolute atomic E-state index is 12.6. The largest absolute Gasteiger partial charge is 0.490 e. The number of rotatable bonds is 4. The first-order valence-electron chi connectivity index (χ1n) is 8.33. The van der Waals surface area contributed by atoms with Crippen molar-refractivity contribution in [3.05, 3.63) is 48.8 Å². The molecule has 3 heterocycles. The van der Waals surface area contributed by atoms with Gasteiger partial charge in [-0.1, -0.05) is 12.1 Å². The highest BCUT2D eigenvalue weighted by atomic mass is 16.5. The molecule has 2 aromatic heterocycles. The van der Waals surface area contributed by atoms with E-state index in [1.54, 1.807) is 29.4 Å². The van der Waals surface area contributed by atoms with Crippen molar-refractivity contribution in [2.45, 2.75) is 12.8 Å². The molecule has 0 bridgehead atoms. The van der Waals surface area contributed by atoms with Crippen LogP contribution in [0.15, 0.2) is 48.8 Å². The summed E-state index contributed by atoms with van der Waals surface area (Å²) in [6.45, 7) is 0.930. The van der Waals surface area contributed by atoms with E-state index in [-0.39, 0.29) is 24.7 Å². The smallest absolute Gasteiger partial charge is 0.227 e. The van der Waals surface area contributed by atoms with E-state index in [2.05, 4.69) is 15.4 Å². The quantitative estimate of drug-likeness (QED) is 0.775. The first-order valence-corrected chi connectivity index (χ1v) is 8.33. The summed E-state index contributed by atoms with van der Waals surface area (Å²) in [6.07, 6.45) is 3.41. The highest BCUT2D eigenvalue weighted by Crippen LogP contribution is 2.31. The van der Waals surface area contributed by atoms with Gasteiger partial charge in [0.25, 0.3) is 0 Å². The van der Waals surface area contributed by atoms with Crippen LogP contribution in [0.1, 0.15) is 12.8 Å². The molecule has 132 valence electrons. The Morgan fingerprint density at radius 1 is 1.12 bits per heavy atom. The molecule has 1 aromatic carbocycles. The fourth-order valence-electron chi connectivity index (χ4n) is 2.92. The topological polar surface area (TPSA) is 88.8 Å². The van der Waals surface area contributed by atoms with E-state index in [0.29, 0.717) is 30.4 Å². The molecule has 0 aliphatic carbocycles. The van der Waals surface area contributed by atoms with Crippen molar-refractivity contribution in [3.63, 3.8) is 0 Å². The number of fused-ring (bicyclic) bond motifs is 2. The molecule has 26 heavy (non-hydrogen) atoms. The highest BCUT2D eigenvalue weighted by Gasteiger charge is 2.23. The third kappa shape index (κ3) is 3.08. The Bertz CT molecular complexity index is 968. The van der Waals surface area contributed by atoms with Crippen molar-refractivity contribution < 1.29 is 14.3 Å². The van der Waals surface area contributed by atoms with Crippen LogP contribution in [0.2, 0.25) is 0 Å². The Kier molecular flexibility index (Phi) is 4.22. The van der Waals surface area contributed by atoms with Gasteiger partial charge in [0.05, 0.1) is 18.4 Å². The monoisotopic (exact) mass is 351 g/mol. The molecular weight excluding hydrogens is 334 g/mol. The van der Waals surface area contributed by atoms with Crippen LogP contribution in [0.25, 0.3) is 5.65 Å². The van der Waals surface area contributed by atoms with Gasteiger partial charge in [-0.3, -0.25) is 9.59 Å². The number of hydrogen-bond donors (Lipinski definition) is 1. The summed E-state index contributed by atoms with van der Waals surface area (Å²) in [5.74, 6) is 0.862. The average molecular weight is 351 g/mol. The molecule has 0 fully saturated rings. The molecular formula is C18H17N5O3. The number of nitrogens with zero attached hydrogens (tertiary/aromatic N) is 4. The van der Waals surface area contributed by atoms with Crippen LogP contribution in [0, 0.1) is 0 Å². The number of aromatic nitrogens is 3. The molecule has 0 spiro atoms. The van der Waals surface area contributed by atoms with Crippen molar-refractivity contribution in [2.24, 2.45) is 0 Å². The van der Waals surface area contributed by atoms with E-state index in [1.165, 1.54) is 4.52 Å². The Balaban J connectivity index is 1.39. The van der Waals surface area contributed by atoms with E-state index < -0.39 is 0 Å². The zero-order valence-corrected chi connectivity index (χ0v) is 14.0. The predicted octanol–water partition coefficient (Wildman–Crippen LogP) is 1.87. The van der Waals surface area contributed by atoms with Crippen LogP contribution in [0.5, 0.6) is 5.75 Å². The van der Waals surface area contributed by atoms with Crippen LogP contribution < -0.4 is 15.0 Å². The van der Waals surface area contributed by atoms with Crippen LogP contribution in [-0.4, -0.2) is 39.6 Å². The van der Waals surface area contributed by atoms with Gasteiger partial charge < -0.3 is 15.0 Å². The number of nitrogens with one attached hydrogen (secondary N) is 1. The lowest BCUT2D eigenvalue weighted by molar-refractivity contribution is -0.122. The maximum Gasteiger partial charge on any atom is 0.227 e. The second-order valence-electron chi connectivity index (χ2n) is 5.84. The first-order chi connectivity index (χ1) is 12.7. The van der Waals surface area contributed by atoms with Crippen LogP contribution >= 0.6 is 0 Å². The summed E-state index contributed by atoms with van der Waals surface area (Å²) in [6, 6.07) is 10.8. The molecule has 0 atom stereocenters. The molecule has 2 amide bonds. The lowest BCUT2D eigenvalue weighted by Gasteiger charge is -2.29. The molecule has 8 heteroatoms. The van der Waals surface area contributed by atoms with E-state index >= 15 is 0 Å². The minimum Gasteiger partial charge on any atom is -0.490 e. The van der Waals surface area contributed by atoms with Gasteiger partial charge in [0.1, 0.15) is 18.2 Å². The maximum atomic E-state index is 12.6. The molecule has 1 aliphatic heterocycles. The zero-order valence-electron chi connectivity index (χ0n) is 14.0. The van der Waals surface area contributed by atoms with Crippen molar-refractivity contribution >= 4 is 29.0 Å². The fraction of sp³-hybridized carbons (Fsp3) is 0.222. The third-order valence-electron chi connectivity index (χ3n) is 4.15. The molecule has 0 saturated carbocycles. The number of carbonyl (C=O) groups is 2. The summed E-state index contributed by atoms with van der Waals surface area (Å²) >= 11 is 0. The number of para-hydroxylation sites is 2. The summed E-state index contributed by atoms with van der Waals surface area (Å²) < 4.78 is 7.09. The Morgan fingerprint density at radius 3 is 2.92 bits per heavy atom. The van der Waals surface area contributed by atoms with Gasteiger partial charge in [0, 0.05) is 25.1 Å². The molecule has 1 aliphatic rings. The lowest BCUT2D eigenvalue weighted by Crippen LogP contribution is -2.38. The highest BCUT2D eigenvalue weighted by molar-refractivity contribution is 5.99. The van der Waals surface area contributed by atoms with Gasteiger partial charge >= 0.3 is 0 Å². The van der Waals surface area contributed by atoms with Gasteiger partial charge in [0.15, 0.2) is 5.65 Å². The van der Waals surface area contributed by atoms with Gasteiger partial charge in [0.2, 0.25) is 11.8 Å². The minimum atomic E-state index is -0.247. The van der Waals surface area contributed by atoms with Crippen molar-refractivity contribution in [1.29, 1.82) is 0 Å². The molecule has 8 nitrogen and oxygen atoms in total. The second kappa shape index (κ2) is 6.83. The summed E-state index contributed by atoms with van der Waals surface area (Å²) in [5, 5.41) is 6.89. The number of hydrogen-bond acceptors (Lipinski definition) is 5. The average Bonchev–Trinajstić information content (AvgIpc) is 3.15. The van der Waals surface area contributed by atoms with E-state index in [0.717, 1.165) is 5.69 Å². The molecule has 0 saturated heterocycles. The Morgan fingerprint density at radius 2 is 2.00 bits per heavy atom. The zero-order chi connectivity index (χ0) is 17.9. The first kappa shape index (κ1) is 16.1. The van der Waals surface area contributed by atoms with Crippen LogP contribution in [-0.2, 0) is 9.59 Å². The minimum absolute atomic E-state index is 0.0867. The molecule has 0 unspecified atom stereocenters. The number of anilines is 2. The molecule has 0 radical (unpaired) electrons. The number of amides is 2. The van der Waals surface area contributed by atoms with Gasteiger partial charge in [-0.2, -0.15) is 9.61 Å². The number of ether oxygens (including phenoxy) is 1. The fourth-order valence-corrected chi connectivity index (χ4v) is 2.92. The van der Waals surface area contributed by atoms with Crippen molar-refractivity contribution in [3.8, 4) is 5.75 Å². The molecule has 3 aromatic rings. The van der Waals surface area contributed by atoms with E-state index in [9.17, 15) is 9.59 Å². The lowest BCUT2D eigenvalue weighted by atomic mass is 10.2. The summed E-state index contributed by atoms with van der Waals surface area (Å²) in [7, 11) is 0. The summed E-state index contributed by atoms with van der Waals surface area (Å²) in [5.41, 5.74) is 1.39.